The van der Waals surface area contributed by atoms with Crippen LogP contribution < -0.4 is 10.1 Å². The van der Waals surface area contributed by atoms with E-state index in [0.29, 0.717) is 17.2 Å². The molecule has 1 amide bonds. The van der Waals surface area contributed by atoms with Crippen LogP contribution in [-0.4, -0.2) is 19.6 Å². The Morgan fingerprint density at radius 1 is 1.17 bits per heavy atom. The molecule has 0 radical (unpaired) electrons. The van der Waals surface area contributed by atoms with E-state index in [1.807, 2.05) is 36.4 Å². The van der Waals surface area contributed by atoms with Crippen molar-refractivity contribution in [3.8, 4) is 5.75 Å². The van der Waals surface area contributed by atoms with Gasteiger partial charge in [0.1, 0.15) is 5.75 Å². The number of amides is 1. The molecule has 0 heterocycles. The average molecular weight is 313 g/mol. The molecule has 124 valence electrons. The van der Waals surface area contributed by atoms with Gasteiger partial charge in [0.15, 0.2) is 0 Å². The van der Waals surface area contributed by atoms with Gasteiger partial charge in [0.2, 0.25) is 0 Å². The molecule has 1 N–H and O–H groups in total. The van der Waals surface area contributed by atoms with Crippen LogP contribution in [0.15, 0.2) is 36.4 Å². The highest BCUT2D eigenvalue weighted by atomic mass is 16.5. The first-order chi connectivity index (χ1) is 11.2. The monoisotopic (exact) mass is 313 g/mol. The number of nitrogens with one attached hydrogen (secondary N) is 1. The number of carbonyl (C=O) groups is 1. The Morgan fingerprint density at radius 2 is 1.87 bits per heavy atom. The number of rotatable bonds is 8. The minimum atomic E-state index is -0.0532. The van der Waals surface area contributed by atoms with Crippen LogP contribution in [0.1, 0.15) is 49.9 Å². The van der Waals surface area contributed by atoms with E-state index < -0.39 is 0 Å². The second kappa shape index (κ2) is 8.56. The highest BCUT2D eigenvalue weighted by Crippen LogP contribution is 2.26. The summed E-state index contributed by atoms with van der Waals surface area (Å²) < 4.78 is 5.41. The lowest BCUT2D eigenvalue weighted by Crippen LogP contribution is -2.29. The second-order valence-corrected chi connectivity index (χ2v) is 6.03. The van der Waals surface area contributed by atoms with Crippen molar-refractivity contribution in [1.29, 1.82) is 0 Å². The predicted molar refractivity (Wildman–Crippen MR) is 96.1 cm³/mol. The fourth-order valence-electron chi connectivity index (χ4n) is 2.84. The molecule has 2 aromatic rings. The van der Waals surface area contributed by atoms with E-state index in [1.165, 1.54) is 19.3 Å². The lowest BCUT2D eigenvalue weighted by atomic mass is 9.99. The zero-order chi connectivity index (χ0) is 16.7. The lowest BCUT2D eigenvalue weighted by molar-refractivity contribution is 0.0943. The minimum absolute atomic E-state index is 0.0532. The van der Waals surface area contributed by atoms with E-state index >= 15 is 0 Å². The van der Waals surface area contributed by atoms with E-state index in [0.717, 1.165) is 23.7 Å². The normalized spacial score (nSPS) is 12.1. The zero-order valence-corrected chi connectivity index (χ0v) is 14.4. The Kier molecular flexibility index (Phi) is 6.45. The molecule has 0 aliphatic carbocycles. The maximum absolute atomic E-state index is 12.6. The van der Waals surface area contributed by atoms with Crippen LogP contribution in [-0.2, 0) is 0 Å². The van der Waals surface area contributed by atoms with E-state index in [-0.39, 0.29) is 5.91 Å². The standard InChI is InChI=1S/C20H27NO2/c1-4-6-9-15(5-2)14-21-20(22)18-12-16-10-7-8-11-17(16)13-19(18)23-3/h7-8,10-13,15H,4-6,9,14H2,1-3H3,(H,21,22)/t15-/m1/s1. The number of benzene rings is 2. The van der Waals surface area contributed by atoms with Gasteiger partial charge in [0.05, 0.1) is 12.7 Å². The van der Waals surface area contributed by atoms with Gasteiger partial charge in [0.25, 0.3) is 5.91 Å². The van der Waals surface area contributed by atoms with Crippen LogP contribution in [0.5, 0.6) is 5.75 Å². The van der Waals surface area contributed by atoms with Crippen molar-refractivity contribution in [2.75, 3.05) is 13.7 Å². The topological polar surface area (TPSA) is 38.3 Å². The molecule has 2 rings (SSSR count). The fourth-order valence-corrected chi connectivity index (χ4v) is 2.84. The molecular weight excluding hydrogens is 286 g/mol. The molecule has 3 nitrogen and oxygen atoms in total. The SMILES string of the molecule is CCCC[C@@H](CC)CNC(=O)c1cc2ccccc2cc1OC. The van der Waals surface area contributed by atoms with Gasteiger partial charge in [-0.1, -0.05) is 57.4 Å². The number of hydrogen-bond donors (Lipinski definition) is 1. The van der Waals surface area contributed by atoms with Gasteiger partial charge in [0, 0.05) is 6.54 Å². The van der Waals surface area contributed by atoms with E-state index in [4.69, 9.17) is 4.74 Å². The van der Waals surface area contributed by atoms with Crippen molar-refractivity contribution >= 4 is 16.7 Å². The third-order valence-electron chi connectivity index (χ3n) is 4.41. The maximum atomic E-state index is 12.6. The van der Waals surface area contributed by atoms with Crippen molar-refractivity contribution in [3.63, 3.8) is 0 Å². The third-order valence-corrected chi connectivity index (χ3v) is 4.41. The number of ether oxygens (including phenoxy) is 1. The van der Waals surface area contributed by atoms with Gasteiger partial charge in [-0.3, -0.25) is 4.79 Å². The smallest absolute Gasteiger partial charge is 0.255 e. The molecule has 0 aromatic heterocycles. The summed E-state index contributed by atoms with van der Waals surface area (Å²) in [6.07, 6.45) is 4.67. The molecular formula is C20H27NO2. The molecule has 0 bridgehead atoms. The molecule has 0 aliphatic rings. The Balaban J connectivity index is 2.13. The number of fused-ring (bicyclic) bond motifs is 1. The summed E-state index contributed by atoms with van der Waals surface area (Å²) in [6, 6.07) is 11.9. The molecule has 0 unspecified atom stereocenters. The summed E-state index contributed by atoms with van der Waals surface area (Å²) in [5.41, 5.74) is 0.608. The number of unbranched alkanes of at least 4 members (excludes halogenated alkanes) is 1. The van der Waals surface area contributed by atoms with Crippen LogP contribution in [0, 0.1) is 5.92 Å². The van der Waals surface area contributed by atoms with E-state index in [9.17, 15) is 4.79 Å². The molecule has 2 aromatic carbocycles. The van der Waals surface area contributed by atoms with Crippen molar-refractivity contribution in [3.05, 3.63) is 42.0 Å². The Morgan fingerprint density at radius 3 is 2.48 bits per heavy atom. The summed E-state index contributed by atoms with van der Waals surface area (Å²) in [5, 5.41) is 5.21. The largest absolute Gasteiger partial charge is 0.496 e. The van der Waals surface area contributed by atoms with Gasteiger partial charge in [-0.15, -0.1) is 0 Å². The summed E-state index contributed by atoms with van der Waals surface area (Å²) in [7, 11) is 1.61. The van der Waals surface area contributed by atoms with Gasteiger partial charge in [-0.25, -0.2) is 0 Å². The van der Waals surface area contributed by atoms with E-state index in [1.54, 1.807) is 7.11 Å². The molecule has 3 heteroatoms. The zero-order valence-electron chi connectivity index (χ0n) is 14.4. The van der Waals surface area contributed by atoms with Crippen molar-refractivity contribution in [2.45, 2.75) is 39.5 Å². The highest BCUT2D eigenvalue weighted by Gasteiger charge is 2.15. The van der Waals surface area contributed by atoms with Crippen molar-refractivity contribution in [2.24, 2.45) is 5.92 Å². The first-order valence-electron chi connectivity index (χ1n) is 8.54. The quantitative estimate of drug-likeness (QED) is 0.760. The minimum Gasteiger partial charge on any atom is -0.496 e. The summed E-state index contributed by atoms with van der Waals surface area (Å²) in [5.74, 6) is 1.12. The summed E-state index contributed by atoms with van der Waals surface area (Å²) in [6.45, 7) is 5.11. The summed E-state index contributed by atoms with van der Waals surface area (Å²) >= 11 is 0. The Labute approximate surface area is 139 Å². The molecule has 0 saturated carbocycles. The molecule has 1 atom stereocenters. The highest BCUT2D eigenvalue weighted by molar-refractivity contribution is 6.01. The third kappa shape index (κ3) is 4.47. The number of hydrogen-bond acceptors (Lipinski definition) is 2. The average Bonchev–Trinajstić information content (AvgIpc) is 2.60. The van der Waals surface area contributed by atoms with Gasteiger partial charge >= 0.3 is 0 Å². The molecule has 0 fully saturated rings. The van der Waals surface area contributed by atoms with Gasteiger partial charge in [-0.2, -0.15) is 0 Å². The predicted octanol–water partition coefficient (Wildman–Crippen LogP) is 4.79. The molecule has 0 spiro atoms. The lowest BCUT2D eigenvalue weighted by Gasteiger charge is -2.16. The van der Waals surface area contributed by atoms with Crippen LogP contribution in [0.2, 0.25) is 0 Å². The maximum Gasteiger partial charge on any atom is 0.255 e. The molecule has 0 saturated heterocycles. The van der Waals surface area contributed by atoms with Gasteiger partial charge < -0.3 is 10.1 Å². The van der Waals surface area contributed by atoms with Crippen LogP contribution in [0.3, 0.4) is 0 Å². The van der Waals surface area contributed by atoms with Crippen LogP contribution in [0.4, 0.5) is 0 Å². The second-order valence-electron chi connectivity index (χ2n) is 6.03. The fraction of sp³-hybridized carbons (Fsp3) is 0.450. The van der Waals surface area contributed by atoms with Gasteiger partial charge in [-0.05, 0) is 35.2 Å². The number of methoxy groups -OCH3 is 1. The van der Waals surface area contributed by atoms with Crippen molar-refractivity contribution in [1.82, 2.24) is 5.32 Å². The summed E-state index contributed by atoms with van der Waals surface area (Å²) in [4.78, 5) is 12.6. The molecule has 0 aliphatic heterocycles. The first kappa shape index (κ1) is 17.3. The number of carbonyl (C=O) groups excluding carboxylic acids is 1. The molecule has 23 heavy (non-hydrogen) atoms. The van der Waals surface area contributed by atoms with E-state index in [2.05, 4.69) is 19.2 Å². The van der Waals surface area contributed by atoms with Crippen LogP contribution in [0.25, 0.3) is 10.8 Å². The van der Waals surface area contributed by atoms with Crippen LogP contribution >= 0.6 is 0 Å². The Hall–Kier alpha value is -2.03. The first-order valence-corrected chi connectivity index (χ1v) is 8.54. The Bertz CT molecular complexity index is 651. The van der Waals surface area contributed by atoms with Crippen molar-refractivity contribution < 1.29 is 9.53 Å².